The Labute approximate surface area is 124 Å². The van der Waals surface area contributed by atoms with Gasteiger partial charge in [0.15, 0.2) is 0 Å². The molecule has 1 aromatic rings. The summed E-state index contributed by atoms with van der Waals surface area (Å²) < 4.78 is 0. The second-order valence-electron chi connectivity index (χ2n) is 6.40. The van der Waals surface area contributed by atoms with Gasteiger partial charge in [0.25, 0.3) is 0 Å². The van der Waals surface area contributed by atoms with Gasteiger partial charge in [-0.2, -0.15) is 0 Å². The first-order chi connectivity index (χ1) is 9.70. The van der Waals surface area contributed by atoms with Gasteiger partial charge >= 0.3 is 0 Å². The molecule has 1 saturated heterocycles. The fraction of sp³-hybridized carbons (Fsp3) is 0.667. The zero-order valence-electron chi connectivity index (χ0n) is 13.3. The lowest BCUT2D eigenvalue weighted by atomic mass is 9.95. The Morgan fingerprint density at radius 3 is 2.60 bits per heavy atom. The van der Waals surface area contributed by atoms with Gasteiger partial charge in [-0.15, -0.1) is 0 Å². The van der Waals surface area contributed by atoms with E-state index in [1.165, 1.54) is 38.0 Å². The van der Waals surface area contributed by atoms with Gasteiger partial charge in [-0.3, -0.25) is 0 Å². The predicted molar refractivity (Wildman–Crippen MR) is 86.9 cm³/mol. The monoisotopic (exact) mass is 274 g/mol. The molecule has 2 nitrogen and oxygen atoms in total. The summed E-state index contributed by atoms with van der Waals surface area (Å²) in [5, 5.41) is 3.63. The van der Waals surface area contributed by atoms with Crippen molar-refractivity contribution in [1.29, 1.82) is 0 Å². The number of nitrogens with zero attached hydrogens (tertiary/aromatic N) is 1. The Hall–Kier alpha value is -0.860. The van der Waals surface area contributed by atoms with Crippen molar-refractivity contribution in [3.63, 3.8) is 0 Å². The molecule has 0 aliphatic carbocycles. The topological polar surface area (TPSA) is 15.3 Å². The van der Waals surface area contributed by atoms with Crippen LogP contribution in [-0.2, 0) is 0 Å². The maximum atomic E-state index is 3.63. The molecule has 1 N–H and O–H groups in total. The molecule has 0 radical (unpaired) electrons. The average Bonchev–Trinajstić information content (AvgIpc) is 2.93. The van der Waals surface area contributed by atoms with Gasteiger partial charge in [-0.25, -0.2) is 0 Å². The average molecular weight is 274 g/mol. The van der Waals surface area contributed by atoms with E-state index in [-0.39, 0.29) is 0 Å². The van der Waals surface area contributed by atoms with Gasteiger partial charge in [0, 0.05) is 12.6 Å². The molecule has 112 valence electrons. The van der Waals surface area contributed by atoms with Gasteiger partial charge in [0.05, 0.1) is 0 Å². The second kappa shape index (κ2) is 7.80. The molecule has 1 fully saturated rings. The molecule has 1 aromatic carbocycles. The molecular formula is C18H30N2. The standard InChI is InChI=1S/C18H30N2/c1-4-19-18(16-8-6-5-7-9-16)11-13-20-12-10-17(14-20)15(2)3/h5-9,15,17-19H,4,10-14H2,1-3H3. The predicted octanol–water partition coefficient (Wildman–Crippen LogP) is 3.71. The molecule has 0 bridgehead atoms. The van der Waals surface area contributed by atoms with Crippen LogP contribution in [0.3, 0.4) is 0 Å². The number of hydrogen-bond acceptors (Lipinski definition) is 2. The summed E-state index contributed by atoms with van der Waals surface area (Å²) in [6, 6.07) is 11.4. The molecule has 1 aliphatic heterocycles. The summed E-state index contributed by atoms with van der Waals surface area (Å²) in [5.41, 5.74) is 1.42. The minimum absolute atomic E-state index is 0.499. The summed E-state index contributed by atoms with van der Waals surface area (Å²) in [6.45, 7) is 11.8. The molecular weight excluding hydrogens is 244 g/mol. The molecule has 1 heterocycles. The van der Waals surface area contributed by atoms with Crippen molar-refractivity contribution >= 4 is 0 Å². The largest absolute Gasteiger partial charge is 0.310 e. The van der Waals surface area contributed by atoms with Crippen LogP contribution in [0.4, 0.5) is 0 Å². The molecule has 2 unspecified atom stereocenters. The normalized spacial score (nSPS) is 21.5. The zero-order valence-corrected chi connectivity index (χ0v) is 13.3. The van der Waals surface area contributed by atoms with E-state index in [0.29, 0.717) is 6.04 Å². The van der Waals surface area contributed by atoms with Crippen molar-refractivity contribution in [3.8, 4) is 0 Å². The summed E-state index contributed by atoms with van der Waals surface area (Å²) in [7, 11) is 0. The first-order valence-electron chi connectivity index (χ1n) is 8.21. The van der Waals surface area contributed by atoms with Gasteiger partial charge in [-0.1, -0.05) is 51.1 Å². The molecule has 0 aromatic heterocycles. The van der Waals surface area contributed by atoms with Crippen LogP contribution >= 0.6 is 0 Å². The third-order valence-electron chi connectivity index (χ3n) is 4.64. The molecule has 20 heavy (non-hydrogen) atoms. The minimum Gasteiger partial charge on any atom is -0.310 e. The number of nitrogens with one attached hydrogen (secondary N) is 1. The van der Waals surface area contributed by atoms with E-state index in [4.69, 9.17) is 0 Å². The molecule has 2 rings (SSSR count). The fourth-order valence-corrected chi connectivity index (χ4v) is 3.24. The van der Waals surface area contributed by atoms with Crippen LogP contribution in [-0.4, -0.2) is 31.1 Å². The molecule has 1 aliphatic rings. The fourth-order valence-electron chi connectivity index (χ4n) is 3.24. The van der Waals surface area contributed by atoms with Gasteiger partial charge in [-0.05, 0) is 49.9 Å². The van der Waals surface area contributed by atoms with Crippen LogP contribution in [0.1, 0.15) is 45.2 Å². The molecule has 0 amide bonds. The van der Waals surface area contributed by atoms with Crippen LogP contribution in [0.25, 0.3) is 0 Å². The maximum Gasteiger partial charge on any atom is 0.0332 e. The van der Waals surface area contributed by atoms with E-state index in [9.17, 15) is 0 Å². The van der Waals surface area contributed by atoms with E-state index in [0.717, 1.165) is 18.4 Å². The highest BCUT2D eigenvalue weighted by Gasteiger charge is 2.25. The number of hydrogen-bond donors (Lipinski definition) is 1. The molecule has 2 heteroatoms. The van der Waals surface area contributed by atoms with Gasteiger partial charge < -0.3 is 10.2 Å². The summed E-state index contributed by atoms with van der Waals surface area (Å²) in [6.07, 6.45) is 2.59. The Bertz CT molecular complexity index is 374. The number of rotatable bonds is 7. The van der Waals surface area contributed by atoms with E-state index in [2.05, 4.69) is 61.3 Å². The van der Waals surface area contributed by atoms with Crippen LogP contribution in [0, 0.1) is 11.8 Å². The summed E-state index contributed by atoms with van der Waals surface area (Å²) in [5.74, 6) is 1.74. The number of likely N-dealkylation sites (tertiary alicyclic amines) is 1. The number of benzene rings is 1. The second-order valence-corrected chi connectivity index (χ2v) is 6.40. The first kappa shape index (κ1) is 15.5. The molecule has 2 atom stereocenters. The lowest BCUT2D eigenvalue weighted by Gasteiger charge is -2.23. The van der Waals surface area contributed by atoms with Crippen molar-refractivity contribution in [2.24, 2.45) is 11.8 Å². The van der Waals surface area contributed by atoms with Gasteiger partial charge in [0.1, 0.15) is 0 Å². The Morgan fingerprint density at radius 2 is 2.00 bits per heavy atom. The van der Waals surface area contributed by atoms with Crippen molar-refractivity contribution < 1.29 is 0 Å². The lowest BCUT2D eigenvalue weighted by Crippen LogP contribution is -2.28. The van der Waals surface area contributed by atoms with Crippen LogP contribution in [0.2, 0.25) is 0 Å². The smallest absolute Gasteiger partial charge is 0.0332 e. The highest BCUT2D eigenvalue weighted by atomic mass is 15.1. The van der Waals surface area contributed by atoms with Crippen molar-refractivity contribution in [1.82, 2.24) is 10.2 Å². The summed E-state index contributed by atoms with van der Waals surface area (Å²) >= 11 is 0. The maximum absolute atomic E-state index is 3.63. The Morgan fingerprint density at radius 1 is 1.25 bits per heavy atom. The van der Waals surface area contributed by atoms with E-state index in [1.54, 1.807) is 0 Å². The highest BCUT2D eigenvalue weighted by molar-refractivity contribution is 5.18. The SMILES string of the molecule is CCNC(CCN1CCC(C(C)C)C1)c1ccccc1. The summed E-state index contributed by atoms with van der Waals surface area (Å²) in [4.78, 5) is 2.65. The van der Waals surface area contributed by atoms with Crippen molar-refractivity contribution in [2.45, 2.75) is 39.7 Å². The third kappa shape index (κ3) is 4.32. The quantitative estimate of drug-likeness (QED) is 0.815. The van der Waals surface area contributed by atoms with Crippen molar-refractivity contribution in [2.75, 3.05) is 26.2 Å². The molecule has 0 saturated carbocycles. The van der Waals surface area contributed by atoms with Crippen molar-refractivity contribution in [3.05, 3.63) is 35.9 Å². The van der Waals surface area contributed by atoms with E-state index >= 15 is 0 Å². The molecule has 0 spiro atoms. The first-order valence-corrected chi connectivity index (χ1v) is 8.21. The highest BCUT2D eigenvalue weighted by Crippen LogP contribution is 2.25. The third-order valence-corrected chi connectivity index (χ3v) is 4.64. The zero-order chi connectivity index (χ0) is 14.4. The van der Waals surface area contributed by atoms with Crippen LogP contribution < -0.4 is 5.32 Å². The van der Waals surface area contributed by atoms with Gasteiger partial charge in [0.2, 0.25) is 0 Å². The van der Waals surface area contributed by atoms with E-state index in [1.807, 2.05) is 0 Å². The van der Waals surface area contributed by atoms with Crippen LogP contribution in [0.5, 0.6) is 0 Å². The lowest BCUT2D eigenvalue weighted by molar-refractivity contribution is 0.285. The van der Waals surface area contributed by atoms with Crippen LogP contribution in [0.15, 0.2) is 30.3 Å². The Balaban J connectivity index is 1.84. The Kier molecular flexibility index (Phi) is 6.06. The minimum atomic E-state index is 0.499. The van der Waals surface area contributed by atoms with E-state index < -0.39 is 0 Å².